The molecule has 0 aliphatic carbocycles. The van der Waals surface area contributed by atoms with E-state index in [0.29, 0.717) is 5.75 Å². The third kappa shape index (κ3) is 3.23. The van der Waals surface area contributed by atoms with Gasteiger partial charge in [0.05, 0.1) is 20.9 Å². The molecule has 120 valence electrons. The van der Waals surface area contributed by atoms with Gasteiger partial charge < -0.3 is 19.7 Å². The van der Waals surface area contributed by atoms with E-state index in [9.17, 15) is 4.39 Å². The zero-order valence-electron chi connectivity index (χ0n) is 13.2. The van der Waals surface area contributed by atoms with E-state index >= 15 is 0 Å². The summed E-state index contributed by atoms with van der Waals surface area (Å²) in [4.78, 5) is 2.15. The van der Waals surface area contributed by atoms with Crippen LogP contribution in [0.2, 0.25) is 0 Å². The molecular formula is C18H19FN2O2. The maximum Gasteiger partial charge on any atom is 0.129 e. The molecule has 1 aliphatic rings. The van der Waals surface area contributed by atoms with Crippen LogP contribution in [0.4, 0.5) is 4.39 Å². The van der Waals surface area contributed by atoms with Gasteiger partial charge in [-0.3, -0.25) is 0 Å². The monoisotopic (exact) mass is 314 g/mol. The second kappa shape index (κ2) is 6.60. The van der Waals surface area contributed by atoms with Gasteiger partial charge in [0.25, 0.3) is 0 Å². The average molecular weight is 314 g/mol. The Balaban J connectivity index is 2.05. The number of ether oxygens (including phenoxy) is 2. The van der Waals surface area contributed by atoms with E-state index in [1.807, 2.05) is 30.6 Å². The van der Waals surface area contributed by atoms with Gasteiger partial charge in [0.15, 0.2) is 0 Å². The van der Waals surface area contributed by atoms with Crippen molar-refractivity contribution in [1.29, 1.82) is 0 Å². The van der Waals surface area contributed by atoms with Gasteiger partial charge in [0.2, 0.25) is 0 Å². The predicted molar refractivity (Wildman–Crippen MR) is 87.6 cm³/mol. The minimum Gasteiger partial charge on any atom is -0.497 e. The van der Waals surface area contributed by atoms with Crippen LogP contribution in [-0.2, 0) is 6.54 Å². The minimum atomic E-state index is -0.313. The lowest BCUT2D eigenvalue weighted by Gasteiger charge is -2.19. The first-order valence-corrected chi connectivity index (χ1v) is 7.36. The van der Waals surface area contributed by atoms with Crippen LogP contribution in [0.1, 0.15) is 5.56 Å². The molecule has 2 aromatic carbocycles. The van der Waals surface area contributed by atoms with E-state index in [0.717, 1.165) is 35.7 Å². The van der Waals surface area contributed by atoms with Gasteiger partial charge in [-0.05, 0) is 35.4 Å². The van der Waals surface area contributed by atoms with Crippen molar-refractivity contribution in [3.05, 3.63) is 60.2 Å². The van der Waals surface area contributed by atoms with Crippen molar-refractivity contribution in [2.24, 2.45) is 0 Å². The highest BCUT2D eigenvalue weighted by Crippen LogP contribution is 2.35. The van der Waals surface area contributed by atoms with Crippen LogP contribution >= 0.6 is 0 Å². The summed E-state index contributed by atoms with van der Waals surface area (Å²) in [5.74, 6) is 1.000. The summed E-state index contributed by atoms with van der Waals surface area (Å²) in [6.07, 6.45) is 3.92. The molecule has 23 heavy (non-hydrogen) atoms. The zero-order valence-corrected chi connectivity index (χ0v) is 13.2. The molecule has 5 heteroatoms. The van der Waals surface area contributed by atoms with Gasteiger partial charge in [0, 0.05) is 30.6 Å². The standard InChI is InChI=1S/C18H19FN2O2/c1-22-15-4-6-16(13(9-15)11-21-8-7-20-12-21)17-5-3-14(19)10-18(17)23-2/h3-10,20H,11-12H2,1-2H3. The smallest absolute Gasteiger partial charge is 0.129 e. The highest BCUT2D eigenvalue weighted by Gasteiger charge is 2.15. The molecule has 1 heterocycles. The Morgan fingerprint density at radius 2 is 1.91 bits per heavy atom. The van der Waals surface area contributed by atoms with E-state index in [2.05, 4.69) is 10.2 Å². The molecule has 0 amide bonds. The molecule has 2 aromatic rings. The lowest BCUT2D eigenvalue weighted by molar-refractivity contribution is 0.381. The third-order valence-electron chi connectivity index (χ3n) is 3.84. The molecule has 0 atom stereocenters. The molecule has 0 bridgehead atoms. The average Bonchev–Trinajstić information content (AvgIpc) is 3.08. The van der Waals surface area contributed by atoms with Crippen LogP contribution in [0, 0.1) is 5.82 Å². The maximum absolute atomic E-state index is 13.5. The van der Waals surface area contributed by atoms with E-state index < -0.39 is 0 Å². The SMILES string of the molecule is COc1ccc(-c2ccc(F)cc2OC)c(CN2C=CNC2)c1. The summed E-state index contributed by atoms with van der Waals surface area (Å²) in [6.45, 7) is 1.48. The van der Waals surface area contributed by atoms with Crippen LogP contribution in [0.15, 0.2) is 48.8 Å². The van der Waals surface area contributed by atoms with Crippen molar-refractivity contribution in [3.63, 3.8) is 0 Å². The third-order valence-corrected chi connectivity index (χ3v) is 3.84. The number of halogens is 1. The summed E-state index contributed by atoms with van der Waals surface area (Å²) in [5, 5.41) is 3.15. The molecule has 3 rings (SSSR count). The van der Waals surface area contributed by atoms with Crippen molar-refractivity contribution >= 4 is 0 Å². The summed E-state index contributed by atoms with van der Waals surface area (Å²) >= 11 is 0. The Morgan fingerprint density at radius 3 is 2.61 bits per heavy atom. The highest BCUT2D eigenvalue weighted by atomic mass is 19.1. The van der Waals surface area contributed by atoms with Crippen molar-refractivity contribution < 1.29 is 13.9 Å². The van der Waals surface area contributed by atoms with E-state index in [-0.39, 0.29) is 5.82 Å². The van der Waals surface area contributed by atoms with Crippen LogP contribution in [0.25, 0.3) is 11.1 Å². The Morgan fingerprint density at radius 1 is 1.09 bits per heavy atom. The Kier molecular flexibility index (Phi) is 4.37. The molecule has 0 spiro atoms. The number of hydrogen-bond acceptors (Lipinski definition) is 4. The molecule has 0 unspecified atom stereocenters. The van der Waals surface area contributed by atoms with Crippen LogP contribution < -0.4 is 14.8 Å². The molecule has 0 saturated carbocycles. The fourth-order valence-corrected chi connectivity index (χ4v) is 2.69. The minimum absolute atomic E-state index is 0.313. The van der Waals surface area contributed by atoms with E-state index in [1.165, 1.54) is 12.1 Å². The molecule has 1 N–H and O–H groups in total. The summed E-state index contributed by atoms with van der Waals surface area (Å²) < 4.78 is 24.2. The lowest BCUT2D eigenvalue weighted by Crippen LogP contribution is -2.20. The molecule has 0 aromatic heterocycles. The van der Waals surface area contributed by atoms with Crippen molar-refractivity contribution in [2.45, 2.75) is 6.54 Å². The van der Waals surface area contributed by atoms with Gasteiger partial charge in [-0.15, -0.1) is 0 Å². The largest absolute Gasteiger partial charge is 0.497 e. The molecule has 0 saturated heterocycles. The van der Waals surface area contributed by atoms with Gasteiger partial charge in [-0.2, -0.15) is 0 Å². The molecule has 4 nitrogen and oxygen atoms in total. The van der Waals surface area contributed by atoms with Gasteiger partial charge in [-0.1, -0.05) is 6.07 Å². The number of nitrogens with one attached hydrogen (secondary N) is 1. The zero-order chi connectivity index (χ0) is 16.2. The summed E-state index contributed by atoms with van der Waals surface area (Å²) in [5.41, 5.74) is 2.95. The fraction of sp³-hybridized carbons (Fsp3) is 0.222. The van der Waals surface area contributed by atoms with Gasteiger partial charge in [0.1, 0.15) is 17.3 Å². The fourth-order valence-electron chi connectivity index (χ4n) is 2.69. The number of methoxy groups -OCH3 is 2. The first-order valence-electron chi connectivity index (χ1n) is 7.36. The highest BCUT2D eigenvalue weighted by molar-refractivity contribution is 5.74. The van der Waals surface area contributed by atoms with Crippen LogP contribution in [0.3, 0.4) is 0 Å². The Bertz CT molecular complexity index is 731. The number of nitrogens with zero attached hydrogens (tertiary/aromatic N) is 1. The number of hydrogen-bond donors (Lipinski definition) is 1. The van der Waals surface area contributed by atoms with Crippen molar-refractivity contribution in [3.8, 4) is 22.6 Å². The van der Waals surface area contributed by atoms with Crippen LogP contribution in [-0.4, -0.2) is 25.8 Å². The van der Waals surface area contributed by atoms with Gasteiger partial charge >= 0.3 is 0 Å². The van der Waals surface area contributed by atoms with Gasteiger partial charge in [-0.25, -0.2) is 4.39 Å². The number of benzene rings is 2. The Hall–Kier alpha value is -2.69. The summed E-state index contributed by atoms with van der Waals surface area (Å²) in [7, 11) is 3.20. The van der Waals surface area contributed by atoms with Crippen molar-refractivity contribution in [2.75, 3.05) is 20.9 Å². The lowest BCUT2D eigenvalue weighted by atomic mass is 9.98. The predicted octanol–water partition coefficient (Wildman–Crippen LogP) is 3.34. The van der Waals surface area contributed by atoms with E-state index in [4.69, 9.17) is 9.47 Å². The quantitative estimate of drug-likeness (QED) is 0.918. The first-order chi connectivity index (χ1) is 11.2. The topological polar surface area (TPSA) is 33.7 Å². The molecule has 0 fully saturated rings. The first kappa shape index (κ1) is 15.2. The van der Waals surface area contributed by atoms with E-state index in [1.54, 1.807) is 20.3 Å². The molecule has 0 radical (unpaired) electrons. The van der Waals surface area contributed by atoms with Crippen molar-refractivity contribution in [1.82, 2.24) is 10.2 Å². The summed E-state index contributed by atoms with van der Waals surface area (Å²) in [6, 6.07) is 10.5. The molecule has 1 aliphatic heterocycles. The van der Waals surface area contributed by atoms with Crippen LogP contribution in [0.5, 0.6) is 11.5 Å². The second-order valence-electron chi connectivity index (χ2n) is 5.29. The number of rotatable bonds is 5. The maximum atomic E-state index is 13.5. The second-order valence-corrected chi connectivity index (χ2v) is 5.29. The Labute approximate surface area is 135 Å². The normalized spacial score (nSPS) is 13.1. The molecular weight excluding hydrogens is 295 g/mol.